The lowest BCUT2D eigenvalue weighted by atomic mass is 10.2. The number of halogens is 1. The highest BCUT2D eigenvalue weighted by Crippen LogP contribution is 2.23. The molecule has 0 spiro atoms. The van der Waals surface area contributed by atoms with Crippen LogP contribution in [0.5, 0.6) is 0 Å². The van der Waals surface area contributed by atoms with Gasteiger partial charge in [0.05, 0.1) is 16.3 Å². The number of benzene rings is 1. The molecule has 0 aliphatic heterocycles. The normalized spacial score (nSPS) is 10.6. The fourth-order valence-electron chi connectivity index (χ4n) is 1.37. The number of amides is 1. The summed E-state index contributed by atoms with van der Waals surface area (Å²) in [5, 5.41) is 0.328. The molecule has 94 valence electrons. The average Bonchev–Trinajstić information content (AvgIpc) is 2.28. The van der Waals surface area contributed by atoms with Crippen LogP contribution in [-0.2, 0) is 0 Å². The van der Waals surface area contributed by atoms with E-state index in [0.717, 1.165) is 6.54 Å². The Kier molecular flexibility index (Phi) is 4.78. The Hall–Kier alpha value is -1.26. The van der Waals surface area contributed by atoms with Crippen molar-refractivity contribution < 1.29 is 4.79 Å². The topological polar surface area (TPSA) is 49.6 Å². The summed E-state index contributed by atoms with van der Waals surface area (Å²) >= 11 is 6.01. The molecular formula is C12H18ClN3O. The molecule has 0 saturated heterocycles. The molecule has 0 heterocycles. The van der Waals surface area contributed by atoms with Gasteiger partial charge in [-0.2, -0.15) is 0 Å². The standard InChI is InChI=1S/C12H18ClN3O/c1-15(2)7-8-16(3)12(17)9-5-4-6-10(14)11(9)13/h4-6H,7-8,14H2,1-3H3. The Balaban J connectivity index is 2.78. The van der Waals surface area contributed by atoms with Gasteiger partial charge in [-0.05, 0) is 26.2 Å². The van der Waals surface area contributed by atoms with E-state index in [1.165, 1.54) is 0 Å². The number of nitrogens with two attached hydrogens (primary N) is 1. The Labute approximate surface area is 107 Å². The van der Waals surface area contributed by atoms with E-state index in [0.29, 0.717) is 22.8 Å². The smallest absolute Gasteiger partial charge is 0.255 e. The van der Waals surface area contributed by atoms with Crippen molar-refractivity contribution in [3.05, 3.63) is 28.8 Å². The van der Waals surface area contributed by atoms with Crippen LogP contribution in [0.15, 0.2) is 18.2 Å². The first-order valence-corrected chi connectivity index (χ1v) is 5.75. The fraction of sp³-hybridized carbons (Fsp3) is 0.417. The van der Waals surface area contributed by atoms with Gasteiger partial charge in [0.1, 0.15) is 0 Å². The number of hydrogen-bond donors (Lipinski definition) is 1. The molecule has 0 bridgehead atoms. The quantitative estimate of drug-likeness (QED) is 0.831. The molecule has 1 aromatic carbocycles. The summed E-state index contributed by atoms with van der Waals surface area (Å²) in [7, 11) is 5.68. The first-order valence-electron chi connectivity index (χ1n) is 5.37. The minimum atomic E-state index is -0.107. The third-order valence-corrected chi connectivity index (χ3v) is 2.91. The predicted octanol–water partition coefficient (Wildman–Crippen LogP) is 1.56. The molecule has 0 saturated carbocycles. The van der Waals surface area contributed by atoms with Crippen LogP contribution < -0.4 is 5.73 Å². The van der Waals surface area contributed by atoms with Gasteiger partial charge in [0, 0.05) is 20.1 Å². The summed E-state index contributed by atoms with van der Waals surface area (Å²) in [5.74, 6) is -0.107. The van der Waals surface area contributed by atoms with Crippen molar-refractivity contribution >= 4 is 23.2 Å². The Morgan fingerprint density at radius 1 is 1.29 bits per heavy atom. The average molecular weight is 256 g/mol. The van der Waals surface area contributed by atoms with Crippen molar-refractivity contribution in [3.63, 3.8) is 0 Å². The predicted molar refractivity (Wildman–Crippen MR) is 71.4 cm³/mol. The second-order valence-corrected chi connectivity index (χ2v) is 4.62. The van der Waals surface area contributed by atoms with Gasteiger partial charge in [-0.3, -0.25) is 4.79 Å². The van der Waals surface area contributed by atoms with Crippen LogP contribution in [0.25, 0.3) is 0 Å². The van der Waals surface area contributed by atoms with Crippen LogP contribution in [0.1, 0.15) is 10.4 Å². The number of likely N-dealkylation sites (N-methyl/N-ethyl adjacent to an activating group) is 2. The van der Waals surface area contributed by atoms with Gasteiger partial charge in [0.25, 0.3) is 5.91 Å². The van der Waals surface area contributed by atoms with Crippen LogP contribution in [0.2, 0.25) is 5.02 Å². The molecule has 1 rings (SSSR count). The van der Waals surface area contributed by atoms with E-state index in [1.54, 1.807) is 30.1 Å². The number of carbonyl (C=O) groups excluding carboxylic acids is 1. The summed E-state index contributed by atoms with van der Waals surface area (Å²) in [6, 6.07) is 5.10. The third kappa shape index (κ3) is 3.61. The SMILES string of the molecule is CN(C)CCN(C)C(=O)c1cccc(N)c1Cl. The summed E-state index contributed by atoms with van der Waals surface area (Å²) < 4.78 is 0. The first-order chi connectivity index (χ1) is 7.93. The van der Waals surface area contributed by atoms with E-state index in [1.807, 2.05) is 19.0 Å². The number of nitrogens with zero attached hydrogens (tertiary/aromatic N) is 2. The van der Waals surface area contributed by atoms with Crippen molar-refractivity contribution in [1.82, 2.24) is 9.80 Å². The van der Waals surface area contributed by atoms with Crippen LogP contribution in [0.3, 0.4) is 0 Å². The minimum Gasteiger partial charge on any atom is -0.398 e. The molecule has 2 N–H and O–H groups in total. The van der Waals surface area contributed by atoms with E-state index in [9.17, 15) is 4.79 Å². The van der Waals surface area contributed by atoms with Crippen LogP contribution in [-0.4, -0.2) is 49.9 Å². The molecule has 4 nitrogen and oxygen atoms in total. The fourth-order valence-corrected chi connectivity index (χ4v) is 1.58. The molecule has 0 aromatic heterocycles. The molecule has 0 atom stereocenters. The zero-order valence-electron chi connectivity index (χ0n) is 10.4. The largest absolute Gasteiger partial charge is 0.398 e. The van der Waals surface area contributed by atoms with Crippen LogP contribution in [0.4, 0.5) is 5.69 Å². The van der Waals surface area contributed by atoms with E-state index in [4.69, 9.17) is 17.3 Å². The highest BCUT2D eigenvalue weighted by atomic mass is 35.5. The molecule has 0 aliphatic carbocycles. The van der Waals surface area contributed by atoms with Gasteiger partial charge in [-0.1, -0.05) is 17.7 Å². The monoisotopic (exact) mass is 255 g/mol. The summed E-state index contributed by atoms with van der Waals surface area (Å²) in [4.78, 5) is 15.8. The second-order valence-electron chi connectivity index (χ2n) is 4.24. The van der Waals surface area contributed by atoms with Crippen molar-refractivity contribution in [2.45, 2.75) is 0 Å². The molecule has 0 fully saturated rings. The maximum Gasteiger partial charge on any atom is 0.255 e. The van der Waals surface area contributed by atoms with Gasteiger partial charge < -0.3 is 15.5 Å². The van der Waals surface area contributed by atoms with Crippen molar-refractivity contribution in [2.24, 2.45) is 0 Å². The molecular weight excluding hydrogens is 238 g/mol. The molecule has 17 heavy (non-hydrogen) atoms. The number of hydrogen-bond acceptors (Lipinski definition) is 3. The van der Waals surface area contributed by atoms with Crippen molar-refractivity contribution in [2.75, 3.05) is 40.0 Å². The second kappa shape index (κ2) is 5.89. The molecule has 1 amide bonds. The molecule has 0 radical (unpaired) electrons. The first kappa shape index (κ1) is 13.8. The van der Waals surface area contributed by atoms with E-state index in [-0.39, 0.29) is 5.91 Å². The molecule has 0 aliphatic rings. The van der Waals surface area contributed by atoms with Crippen molar-refractivity contribution in [3.8, 4) is 0 Å². The van der Waals surface area contributed by atoms with E-state index >= 15 is 0 Å². The van der Waals surface area contributed by atoms with Crippen LogP contribution in [0, 0.1) is 0 Å². The maximum absolute atomic E-state index is 12.1. The summed E-state index contributed by atoms with van der Waals surface area (Å²) in [6.45, 7) is 1.46. The number of rotatable bonds is 4. The lowest BCUT2D eigenvalue weighted by Gasteiger charge is -2.20. The molecule has 0 unspecified atom stereocenters. The lowest BCUT2D eigenvalue weighted by molar-refractivity contribution is 0.0786. The molecule has 1 aromatic rings. The highest BCUT2D eigenvalue weighted by molar-refractivity contribution is 6.36. The Morgan fingerprint density at radius 2 is 1.94 bits per heavy atom. The summed E-state index contributed by atoms with van der Waals surface area (Å²) in [5.41, 5.74) is 6.55. The minimum absolute atomic E-state index is 0.107. The number of anilines is 1. The van der Waals surface area contributed by atoms with Crippen LogP contribution >= 0.6 is 11.6 Å². The van der Waals surface area contributed by atoms with Gasteiger partial charge in [-0.25, -0.2) is 0 Å². The Bertz CT molecular complexity index is 407. The molecule has 5 heteroatoms. The zero-order valence-corrected chi connectivity index (χ0v) is 11.2. The third-order valence-electron chi connectivity index (χ3n) is 2.49. The Morgan fingerprint density at radius 3 is 2.53 bits per heavy atom. The van der Waals surface area contributed by atoms with Gasteiger partial charge in [-0.15, -0.1) is 0 Å². The maximum atomic E-state index is 12.1. The van der Waals surface area contributed by atoms with Crippen molar-refractivity contribution in [1.29, 1.82) is 0 Å². The summed E-state index contributed by atoms with van der Waals surface area (Å²) in [6.07, 6.45) is 0. The van der Waals surface area contributed by atoms with E-state index < -0.39 is 0 Å². The van der Waals surface area contributed by atoms with E-state index in [2.05, 4.69) is 0 Å². The lowest BCUT2D eigenvalue weighted by Crippen LogP contribution is -2.33. The van der Waals surface area contributed by atoms with Gasteiger partial charge in [0.2, 0.25) is 0 Å². The number of carbonyl (C=O) groups is 1. The van der Waals surface area contributed by atoms with Gasteiger partial charge in [0.15, 0.2) is 0 Å². The van der Waals surface area contributed by atoms with Gasteiger partial charge >= 0.3 is 0 Å². The highest BCUT2D eigenvalue weighted by Gasteiger charge is 2.16. The number of nitrogen functional groups attached to an aromatic ring is 1. The zero-order chi connectivity index (χ0) is 13.0.